The van der Waals surface area contributed by atoms with Gasteiger partial charge in [-0.2, -0.15) is 4.98 Å². The van der Waals surface area contributed by atoms with Crippen molar-refractivity contribution in [1.82, 2.24) is 20.1 Å². The minimum absolute atomic E-state index is 0.0188. The Balaban J connectivity index is 1.61. The number of rotatable bonds is 2. The SMILES string of the molecule is c1ccc2c(c1)C[C@@H](c1nc(-c3cnccn3)no1)N2. The van der Waals surface area contributed by atoms with E-state index in [0.29, 0.717) is 17.4 Å². The van der Waals surface area contributed by atoms with Crippen molar-refractivity contribution in [2.45, 2.75) is 12.5 Å². The fraction of sp³-hybridized carbons (Fsp3) is 0.143. The Bertz CT molecular complexity index is 715. The van der Waals surface area contributed by atoms with Gasteiger partial charge in [-0.3, -0.25) is 4.98 Å². The summed E-state index contributed by atoms with van der Waals surface area (Å²) in [6.07, 6.45) is 5.68. The summed E-state index contributed by atoms with van der Waals surface area (Å²) in [7, 11) is 0. The van der Waals surface area contributed by atoms with E-state index >= 15 is 0 Å². The molecule has 0 bridgehead atoms. The number of nitrogens with zero attached hydrogens (tertiary/aromatic N) is 4. The molecule has 0 aliphatic carbocycles. The molecular formula is C14H11N5O. The third-order valence-electron chi connectivity index (χ3n) is 3.30. The van der Waals surface area contributed by atoms with Gasteiger partial charge < -0.3 is 9.84 Å². The molecule has 6 nitrogen and oxygen atoms in total. The van der Waals surface area contributed by atoms with Crippen molar-refractivity contribution >= 4 is 5.69 Å². The van der Waals surface area contributed by atoms with E-state index < -0.39 is 0 Å². The molecule has 0 spiro atoms. The average molecular weight is 265 g/mol. The molecule has 1 aliphatic rings. The topological polar surface area (TPSA) is 76.7 Å². The number of nitrogens with one attached hydrogen (secondary N) is 1. The van der Waals surface area contributed by atoms with E-state index in [4.69, 9.17) is 4.52 Å². The molecule has 20 heavy (non-hydrogen) atoms. The Morgan fingerprint density at radius 1 is 1.20 bits per heavy atom. The summed E-state index contributed by atoms with van der Waals surface area (Å²) in [5.41, 5.74) is 2.99. The summed E-state index contributed by atoms with van der Waals surface area (Å²) < 4.78 is 5.34. The summed E-state index contributed by atoms with van der Waals surface area (Å²) in [5, 5.41) is 7.35. The van der Waals surface area contributed by atoms with Crippen LogP contribution in [0.3, 0.4) is 0 Å². The molecule has 0 unspecified atom stereocenters. The van der Waals surface area contributed by atoms with Crippen LogP contribution in [0, 0.1) is 0 Å². The molecule has 0 radical (unpaired) electrons. The van der Waals surface area contributed by atoms with Gasteiger partial charge in [-0.25, -0.2) is 4.98 Å². The Labute approximate surface area is 114 Å². The summed E-state index contributed by atoms with van der Waals surface area (Å²) in [4.78, 5) is 12.6. The summed E-state index contributed by atoms with van der Waals surface area (Å²) in [6, 6.07) is 8.21. The van der Waals surface area contributed by atoms with Gasteiger partial charge in [0.2, 0.25) is 11.7 Å². The van der Waals surface area contributed by atoms with E-state index in [2.05, 4.69) is 37.6 Å². The molecule has 0 amide bonds. The molecule has 3 aromatic rings. The highest BCUT2D eigenvalue weighted by Gasteiger charge is 2.26. The molecule has 98 valence electrons. The van der Waals surface area contributed by atoms with Gasteiger partial charge in [-0.1, -0.05) is 23.4 Å². The summed E-state index contributed by atoms with van der Waals surface area (Å²) in [5.74, 6) is 1.03. The van der Waals surface area contributed by atoms with Crippen molar-refractivity contribution in [2.75, 3.05) is 5.32 Å². The highest BCUT2D eigenvalue weighted by Crippen LogP contribution is 2.33. The Morgan fingerprint density at radius 2 is 2.15 bits per heavy atom. The molecule has 3 heterocycles. The third-order valence-corrected chi connectivity index (χ3v) is 3.30. The number of fused-ring (bicyclic) bond motifs is 1. The fourth-order valence-electron chi connectivity index (χ4n) is 2.34. The van der Waals surface area contributed by atoms with E-state index in [1.807, 2.05) is 12.1 Å². The van der Waals surface area contributed by atoms with Crippen LogP contribution in [0.5, 0.6) is 0 Å². The van der Waals surface area contributed by atoms with E-state index in [1.165, 1.54) is 5.56 Å². The van der Waals surface area contributed by atoms with Crippen LogP contribution in [0.25, 0.3) is 11.5 Å². The molecular weight excluding hydrogens is 254 g/mol. The monoisotopic (exact) mass is 265 g/mol. The Morgan fingerprint density at radius 3 is 3.00 bits per heavy atom. The second kappa shape index (κ2) is 4.41. The lowest BCUT2D eigenvalue weighted by Crippen LogP contribution is -2.05. The quantitative estimate of drug-likeness (QED) is 0.765. The predicted octanol–water partition coefficient (Wildman–Crippen LogP) is 2.24. The first-order chi connectivity index (χ1) is 9.90. The van der Waals surface area contributed by atoms with E-state index in [1.54, 1.807) is 18.6 Å². The molecule has 1 aliphatic heterocycles. The first kappa shape index (κ1) is 11.1. The second-order valence-electron chi connectivity index (χ2n) is 4.61. The maximum Gasteiger partial charge on any atom is 0.249 e. The Hall–Kier alpha value is -2.76. The highest BCUT2D eigenvalue weighted by atomic mass is 16.5. The third kappa shape index (κ3) is 1.82. The molecule has 2 aromatic heterocycles. The first-order valence-corrected chi connectivity index (χ1v) is 6.34. The van der Waals surface area contributed by atoms with Crippen LogP contribution in [-0.2, 0) is 6.42 Å². The van der Waals surface area contributed by atoms with Crippen LogP contribution < -0.4 is 5.32 Å². The number of benzene rings is 1. The zero-order chi connectivity index (χ0) is 13.4. The number of anilines is 1. The van der Waals surface area contributed by atoms with Gasteiger partial charge >= 0.3 is 0 Å². The zero-order valence-corrected chi connectivity index (χ0v) is 10.5. The highest BCUT2D eigenvalue weighted by molar-refractivity contribution is 5.57. The van der Waals surface area contributed by atoms with Gasteiger partial charge in [0.05, 0.1) is 6.20 Å². The zero-order valence-electron chi connectivity index (χ0n) is 10.5. The van der Waals surface area contributed by atoms with Crippen molar-refractivity contribution in [2.24, 2.45) is 0 Å². The number of hydrogen-bond donors (Lipinski definition) is 1. The lowest BCUT2D eigenvalue weighted by atomic mass is 10.1. The van der Waals surface area contributed by atoms with Gasteiger partial charge in [-0.15, -0.1) is 0 Å². The first-order valence-electron chi connectivity index (χ1n) is 6.34. The fourth-order valence-corrected chi connectivity index (χ4v) is 2.34. The van der Waals surface area contributed by atoms with Crippen molar-refractivity contribution in [1.29, 1.82) is 0 Å². The Kier molecular flexibility index (Phi) is 2.45. The van der Waals surface area contributed by atoms with Crippen molar-refractivity contribution in [3.8, 4) is 11.5 Å². The molecule has 1 aromatic carbocycles. The van der Waals surface area contributed by atoms with Gasteiger partial charge in [-0.05, 0) is 11.6 Å². The predicted molar refractivity (Wildman–Crippen MR) is 71.8 cm³/mol. The van der Waals surface area contributed by atoms with Crippen LogP contribution in [0.15, 0.2) is 47.4 Å². The molecule has 0 fully saturated rings. The van der Waals surface area contributed by atoms with Crippen LogP contribution in [-0.4, -0.2) is 20.1 Å². The largest absolute Gasteiger partial charge is 0.373 e. The van der Waals surface area contributed by atoms with Crippen molar-refractivity contribution in [3.63, 3.8) is 0 Å². The van der Waals surface area contributed by atoms with Gasteiger partial charge in [0.25, 0.3) is 0 Å². The molecule has 6 heteroatoms. The lowest BCUT2D eigenvalue weighted by molar-refractivity contribution is 0.364. The smallest absolute Gasteiger partial charge is 0.249 e. The van der Waals surface area contributed by atoms with Gasteiger partial charge in [0.15, 0.2) is 0 Å². The summed E-state index contributed by atoms with van der Waals surface area (Å²) >= 11 is 0. The molecule has 0 saturated heterocycles. The minimum Gasteiger partial charge on any atom is -0.373 e. The molecule has 1 atom stereocenters. The second-order valence-corrected chi connectivity index (χ2v) is 4.61. The number of aromatic nitrogens is 4. The van der Waals surface area contributed by atoms with Gasteiger partial charge in [0, 0.05) is 24.5 Å². The van der Waals surface area contributed by atoms with E-state index in [9.17, 15) is 0 Å². The van der Waals surface area contributed by atoms with E-state index in [-0.39, 0.29) is 6.04 Å². The maximum absolute atomic E-state index is 5.34. The maximum atomic E-state index is 5.34. The summed E-state index contributed by atoms with van der Waals surface area (Å²) in [6.45, 7) is 0. The van der Waals surface area contributed by atoms with Crippen LogP contribution in [0.1, 0.15) is 17.5 Å². The molecule has 4 rings (SSSR count). The number of para-hydroxylation sites is 1. The normalized spacial score (nSPS) is 16.7. The number of hydrogen-bond acceptors (Lipinski definition) is 6. The standard InChI is InChI=1S/C14H11N5O/c1-2-4-10-9(3-1)7-11(17-10)14-18-13(19-20-14)12-8-15-5-6-16-12/h1-6,8,11,17H,7H2/t11-/m0/s1. The van der Waals surface area contributed by atoms with Crippen LogP contribution in [0.4, 0.5) is 5.69 Å². The minimum atomic E-state index is 0.0188. The van der Waals surface area contributed by atoms with Gasteiger partial charge in [0.1, 0.15) is 11.7 Å². The van der Waals surface area contributed by atoms with Crippen molar-refractivity contribution < 1.29 is 4.52 Å². The van der Waals surface area contributed by atoms with Crippen LogP contribution >= 0.6 is 0 Å². The molecule has 0 saturated carbocycles. The van der Waals surface area contributed by atoms with E-state index in [0.717, 1.165) is 12.1 Å². The average Bonchev–Trinajstić information content (AvgIpc) is 3.14. The lowest BCUT2D eigenvalue weighted by Gasteiger charge is -2.04. The molecule has 1 N–H and O–H groups in total. The van der Waals surface area contributed by atoms with Crippen molar-refractivity contribution in [3.05, 3.63) is 54.3 Å². The van der Waals surface area contributed by atoms with Crippen LogP contribution in [0.2, 0.25) is 0 Å².